The number of benzene rings is 1. The molecule has 1 aliphatic carbocycles. The van der Waals surface area contributed by atoms with Crippen LogP contribution < -0.4 is 10.6 Å². The second kappa shape index (κ2) is 7.79. The van der Waals surface area contributed by atoms with Gasteiger partial charge in [-0.3, -0.25) is 14.5 Å². The molecular weight excluding hydrogens is 359 g/mol. The number of carbonyl (C=O) groups is 2. The number of anilines is 1. The lowest BCUT2D eigenvalue weighted by atomic mass is 9.91. The van der Waals surface area contributed by atoms with Crippen LogP contribution in [0.5, 0.6) is 0 Å². The molecule has 1 aromatic carbocycles. The molecule has 28 heavy (non-hydrogen) atoms. The SMILES string of the molecule is CC(C(=O)Nc1cccc(F)c1)N1CCN(C(=O)C2CC23CCNCC3)CC1. The molecule has 6 nitrogen and oxygen atoms in total. The molecule has 1 aromatic rings. The number of carbonyl (C=O) groups excluding carboxylic acids is 2. The lowest BCUT2D eigenvalue weighted by molar-refractivity contribution is -0.136. The second-order valence-corrected chi connectivity index (χ2v) is 8.41. The average molecular weight is 388 g/mol. The van der Waals surface area contributed by atoms with Crippen LogP contribution in [0.4, 0.5) is 10.1 Å². The predicted octanol–water partition coefficient (Wildman–Crippen LogP) is 1.69. The van der Waals surface area contributed by atoms with E-state index in [4.69, 9.17) is 0 Å². The molecule has 0 aromatic heterocycles. The monoisotopic (exact) mass is 388 g/mol. The van der Waals surface area contributed by atoms with E-state index < -0.39 is 0 Å². The van der Waals surface area contributed by atoms with Crippen LogP contribution in [0.3, 0.4) is 0 Å². The minimum absolute atomic E-state index is 0.152. The molecule has 2 saturated heterocycles. The molecule has 2 amide bonds. The Bertz CT molecular complexity index is 742. The highest BCUT2D eigenvalue weighted by Crippen LogP contribution is 2.59. The molecule has 2 atom stereocenters. The summed E-state index contributed by atoms with van der Waals surface area (Å²) in [5, 5.41) is 6.15. The van der Waals surface area contributed by atoms with Crippen LogP contribution >= 0.6 is 0 Å². The van der Waals surface area contributed by atoms with Gasteiger partial charge in [-0.1, -0.05) is 6.07 Å². The van der Waals surface area contributed by atoms with E-state index in [1.165, 1.54) is 12.1 Å². The molecule has 1 spiro atoms. The fraction of sp³-hybridized carbons (Fsp3) is 0.619. The first-order valence-electron chi connectivity index (χ1n) is 10.3. The molecule has 0 bridgehead atoms. The van der Waals surface area contributed by atoms with E-state index >= 15 is 0 Å². The second-order valence-electron chi connectivity index (χ2n) is 8.41. The number of piperidine rings is 1. The highest BCUT2D eigenvalue weighted by molar-refractivity contribution is 5.94. The minimum Gasteiger partial charge on any atom is -0.340 e. The number of nitrogens with zero attached hydrogens (tertiary/aromatic N) is 2. The lowest BCUT2D eigenvalue weighted by Crippen LogP contribution is -2.54. The van der Waals surface area contributed by atoms with E-state index in [2.05, 4.69) is 15.5 Å². The van der Waals surface area contributed by atoms with Crippen molar-refractivity contribution >= 4 is 17.5 Å². The number of rotatable bonds is 4. The largest absolute Gasteiger partial charge is 0.340 e. The number of nitrogens with one attached hydrogen (secondary N) is 2. The zero-order valence-electron chi connectivity index (χ0n) is 16.4. The van der Waals surface area contributed by atoms with Crippen molar-refractivity contribution < 1.29 is 14.0 Å². The van der Waals surface area contributed by atoms with Crippen molar-refractivity contribution in [3.8, 4) is 0 Å². The molecule has 1 saturated carbocycles. The summed E-state index contributed by atoms with van der Waals surface area (Å²) in [6.07, 6.45) is 3.27. The Morgan fingerprint density at radius 3 is 2.61 bits per heavy atom. The Labute approximate surface area is 165 Å². The van der Waals surface area contributed by atoms with E-state index in [0.29, 0.717) is 37.8 Å². The summed E-state index contributed by atoms with van der Waals surface area (Å²) in [6.45, 7) is 6.61. The summed E-state index contributed by atoms with van der Waals surface area (Å²) in [6, 6.07) is 5.59. The number of hydrogen-bond acceptors (Lipinski definition) is 4. The van der Waals surface area contributed by atoms with Gasteiger partial charge in [0.2, 0.25) is 11.8 Å². The van der Waals surface area contributed by atoms with E-state index in [1.54, 1.807) is 12.1 Å². The Morgan fingerprint density at radius 2 is 1.93 bits per heavy atom. The summed E-state index contributed by atoms with van der Waals surface area (Å²) in [5.74, 6) is -0.0151. The van der Waals surface area contributed by atoms with E-state index in [0.717, 1.165) is 32.4 Å². The van der Waals surface area contributed by atoms with E-state index in [9.17, 15) is 14.0 Å². The zero-order valence-corrected chi connectivity index (χ0v) is 16.4. The number of amides is 2. The molecule has 2 unspecified atom stereocenters. The third kappa shape index (κ3) is 3.91. The van der Waals surface area contributed by atoms with E-state index in [-0.39, 0.29) is 29.1 Å². The fourth-order valence-corrected chi connectivity index (χ4v) is 4.70. The maximum absolute atomic E-state index is 13.3. The van der Waals surface area contributed by atoms with Gasteiger partial charge in [0.1, 0.15) is 5.82 Å². The van der Waals surface area contributed by atoms with Crippen LogP contribution in [0.25, 0.3) is 0 Å². The van der Waals surface area contributed by atoms with Gasteiger partial charge in [-0.2, -0.15) is 0 Å². The van der Waals surface area contributed by atoms with Crippen molar-refractivity contribution in [2.75, 3.05) is 44.6 Å². The van der Waals surface area contributed by atoms with Crippen molar-refractivity contribution in [1.82, 2.24) is 15.1 Å². The first-order valence-corrected chi connectivity index (χ1v) is 10.3. The van der Waals surface area contributed by atoms with Gasteiger partial charge in [0, 0.05) is 37.8 Å². The number of halogens is 1. The van der Waals surface area contributed by atoms with Crippen molar-refractivity contribution in [3.05, 3.63) is 30.1 Å². The van der Waals surface area contributed by atoms with Gasteiger partial charge in [-0.25, -0.2) is 4.39 Å². The maximum atomic E-state index is 13.3. The molecule has 2 heterocycles. The zero-order chi connectivity index (χ0) is 19.7. The summed E-state index contributed by atoms with van der Waals surface area (Å²) >= 11 is 0. The molecule has 0 radical (unpaired) electrons. The summed E-state index contributed by atoms with van der Waals surface area (Å²) in [4.78, 5) is 29.5. The average Bonchev–Trinajstić information content (AvgIpc) is 3.40. The third-order valence-electron chi connectivity index (χ3n) is 6.73. The van der Waals surface area contributed by atoms with Gasteiger partial charge in [0.25, 0.3) is 0 Å². The molecule has 2 aliphatic heterocycles. The van der Waals surface area contributed by atoms with Gasteiger partial charge in [0.05, 0.1) is 6.04 Å². The first kappa shape index (κ1) is 19.3. The van der Waals surface area contributed by atoms with Crippen LogP contribution in [0.15, 0.2) is 24.3 Å². The van der Waals surface area contributed by atoms with Crippen molar-refractivity contribution in [3.63, 3.8) is 0 Å². The van der Waals surface area contributed by atoms with Crippen LogP contribution in [-0.2, 0) is 9.59 Å². The summed E-state index contributed by atoms with van der Waals surface area (Å²) in [7, 11) is 0. The summed E-state index contributed by atoms with van der Waals surface area (Å²) in [5.41, 5.74) is 0.726. The molecule has 3 aliphatic rings. The van der Waals surface area contributed by atoms with Gasteiger partial charge >= 0.3 is 0 Å². The Kier molecular flexibility index (Phi) is 5.38. The first-order chi connectivity index (χ1) is 13.5. The van der Waals surface area contributed by atoms with Crippen LogP contribution in [-0.4, -0.2) is 66.9 Å². The van der Waals surface area contributed by atoms with Crippen LogP contribution in [0, 0.1) is 17.2 Å². The van der Waals surface area contributed by atoms with Crippen molar-refractivity contribution in [1.29, 1.82) is 0 Å². The fourth-order valence-electron chi connectivity index (χ4n) is 4.70. The molecular formula is C21H29FN4O2. The topological polar surface area (TPSA) is 64.7 Å². The molecule has 7 heteroatoms. The molecule has 2 N–H and O–H groups in total. The van der Waals surface area contributed by atoms with Gasteiger partial charge < -0.3 is 15.5 Å². The molecule has 4 rings (SSSR count). The predicted molar refractivity (Wildman–Crippen MR) is 105 cm³/mol. The molecule has 152 valence electrons. The van der Waals surface area contributed by atoms with Gasteiger partial charge in [-0.05, 0) is 62.9 Å². The highest BCUT2D eigenvalue weighted by atomic mass is 19.1. The molecule has 3 fully saturated rings. The maximum Gasteiger partial charge on any atom is 0.241 e. The highest BCUT2D eigenvalue weighted by Gasteiger charge is 2.58. The lowest BCUT2D eigenvalue weighted by Gasteiger charge is -2.38. The number of piperazine rings is 1. The number of hydrogen-bond donors (Lipinski definition) is 2. The van der Waals surface area contributed by atoms with Gasteiger partial charge in [-0.15, -0.1) is 0 Å². The van der Waals surface area contributed by atoms with E-state index in [1.807, 2.05) is 11.8 Å². The Hall–Kier alpha value is -1.99. The smallest absolute Gasteiger partial charge is 0.241 e. The minimum atomic E-state index is -0.371. The normalized spacial score (nSPS) is 25.4. The quantitative estimate of drug-likeness (QED) is 0.824. The van der Waals surface area contributed by atoms with Crippen LogP contribution in [0.1, 0.15) is 26.2 Å². The Morgan fingerprint density at radius 1 is 1.21 bits per heavy atom. The third-order valence-corrected chi connectivity index (χ3v) is 6.73. The van der Waals surface area contributed by atoms with Crippen LogP contribution in [0.2, 0.25) is 0 Å². The van der Waals surface area contributed by atoms with Crippen molar-refractivity contribution in [2.45, 2.75) is 32.2 Å². The summed E-state index contributed by atoms with van der Waals surface area (Å²) < 4.78 is 13.3. The standard InChI is InChI=1S/C21H29FN4O2/c1-15(19(27)24-17-4-2-3-16(22)13-17)25-9-11-26(12-10-25)20(28)18-14-21(18)5-7-23-8-6-21/h2-4,13,15,18,23H,5-12,14H2,1H3,(H,24,27). The van der Waals surface area contributed by atoms with Crippen molar-refractivity contribution in [2.24, 2.45) is 11.3 Å². The Balaban J connectivity index is 1.26. The van der Waals surface area contributed by atoms with Gasteiger partial charge in [0.15, 0.2) is 0 Å².